The zero-order chi connectivity index (χ0) is 23.8. The minimum Gasteiger partial charge on any atom is -0.444 e. The van der Waals surface area contributed by atoms with Crippen molar-refractivity contribution in [2.45, 2.75) is 45.6 Å². The summed E-state index contributed by atoms with van der Waals surface area (Å²) in [5.74, 6) is 7.08. The van der Waals surface area contributed by atoms with E-state index in [2.05, 4.69) is 22.3 Å². The van der Waals surface area contributed by atoms with E-state index in [9.17, 15) is 14.4 Å². The van der Waals surface area contributed by atoms with Gasteiger partial charge in [0.2, 0.25) is 5.91 Å². The van der Waals surface area contributed by atoms with Crippen molar-refractivity contribution >= 4 is 34.8 Å². The lowest BCUT2D eigenvalue weighted by Gasteiger charge is -2.31. The van der Waals surface area contributed by atoms with Crippen LogP contribution in [-0.4, -0.2) is 57.9 Å². The van der Waals surface area contributed by atoms with Crippen LogP contribution in [0.2, 0.25) is 0 Å². The molecule has 9 nitrogen and oxygen atoms in total. The number of aromatic nitrogens is 2. The van der Waals surface area contributed by atoms with Gasteiger partial charge >= 0.3 is 12.1 Å². The van der Waals surface area contributed by atoms with Crippen LogP contribution in [0.4, 0.5) is 15.4 Å². The molecule has 2 fully saturated rings. The molecule has 1 aromatic carbocycles. The van der Waals surface area contributed by atoms with E-state index in [1.165, 1.54) is 4.90 Å². The molecule has 0 spiro atoms. The Morgan fingerprint density at radius 3 is 2.58 bits per heavy atom. The van der Waals surface area contributed by atoms with Crippen LogP contribution in [0.25, 0.3) is 10.9 Å². The summed E-state index contributed by atoms with van der Waals surface area (Å²) >= 11 is 0. The van der Waals surface area contributed by atoms with Gasteiger partial charge in [-0.1, -0.05) is 11.8 Å². The van der Waals surface area contributed by atoms with Gasteiger partial charge in [-0.05, 0) is 51.8 Å². The van der Waals surface area contributed by atoms with Gasteiger partial charge in [-0.3, -0.25) is 19.7 Å². The van der Waals surface area contributed by atoms with E-state index in [4.69, 9.17) is 4.74 Å². The normalized spacial score (nSPS) is 17.6. The van der Waals surface area contributed by atoms with Gasteiger partial charge in [0.15, 0.2) is 5.82 Å². The maximum absolute atomic E-state index is 12.2. The van der Waals surface area contributed by atoms with Crippen LogP contribution in [0.3, 0.4) is 0 Å². The van der Waals surface area contributed by atoms with Crippen LogP contribution in [0.1, 0.15) is 45.6 Å². The molecule has 0 radical (unpaired) electrons. The Morgan fingerprint density at radius 1 is 1.18 bits per heavy atom. The molecule has 2 saturated heterocycles. The molecular weight excluding hydrogens is 422 g/mol. The molecule has 0 bridgehead atoms. The lowest BCUT2D eigenvalue weighted by molar-refractivity contribution is -0.120. The number of piperidine rings is 1. The summed E-state index contributed by atoms with van der Waals surface area (Å²) < 4.78 is 7.17. The quantitative estimate of drug-likeness (QED) is 0.673. The third kappa shape index (κ3) is 5.11. The highest BCUT2D eigenvalue weighted by Crippen LogP contribution is 2.28. The number of carbonyl (C=O) groups excluding carboxylic acids is 3. The van der Waals surface area contributed by atoms with Crippen molar-refractivity contribution in [2.24, 2.45) is 13.0 Å². The Kier molecular flexibility index (Phi) is 6.02. The summed E-state index contributed by atoms with van der Waals surface area (Å²) in [6, 6.07) is 5.34. The number of ether oxygens (including phenoxy) is 1. The molecular formula is C24H29N5O4. The number of anilines is 1. The van der Waals surface area contributed by atoms with Crippen LogP contribution in [-0.2, 0) is 16.6 Å². The maximum Gasteiger partial charge on any atom is 0.410 e. The lowest BCUT2D eigenvalue weighted by atomic mass is 9.97. The third-order valence-corrected chi connectivity index (χ3v) is 5.71. The topological polar surface area (TPSA) is 96.8 Å². The standard InChI is InChI=1S/C24H29N5O4/c1-24(2,3)33-23(32)28-12-9-16(10-13-28)5-6-17-7-8-18-19(15-17)27(4)26-21(18)29-14-11-20(30)25-22(29)31/h7-8,15-16H,9-14H2,1-4H3,(H,25,30,31). The van der Waals surface area contributed by atoms with Crippen LogP contribution >= 0.6 is 0 Å². The molecule has 1 N–H and O–H groups in total. The SMILES string of the molecule is Cn1nc(N2CCC(=O)NC2=O)c2ccc(C#CC3CCN(C(=O)OC(C)(C)C)CC3)cc21. The summed E-state index contributed by atoms with van der Waals surface area (Å²) in [6.07, 6.45) is 1.61. The van der Waals surface area contributed by atoms with E-state index in [0.717, 1.165) is 29.3 Å². The van der Waals surface area contributed by atoms with E-state index in [1.807, 2.05) is 46.0 Å². The summed E-state index contributed by atoms with van der Waals surface area (Å²) in [5, 5.41) is 7.67. The largest absolute Gasteiger partial charge is 0.444 e. The van der Waals surface area contributed by atoms with Gasteiger partial charge in [0.1, 0.15) is 5.60 Å². The first kappa shape index (κ1) is 22.6. The molecule has 4 amide bonds. The number of nitrogens with zero attached hydrogens (tertiary/aromatic N) is 4. The number of carbonyl (C=O) groups is 3. The van der Waals surface area contributed by atoms with Gasteiger partial charge in [0, 0.05) is 50.0 Å². The minimum atomic E-state index is -0.493. The number of rotatable bonds is 1. The molecule has 1 aromatic heterocycles. The van der Waals surface area contributed by atoms with Crippen molar-refractivity contribution in [1.29, 1.82) is 0 Å². The second-order valence-corrected chi connectivity index (χ2v) is 9.45. The van der Waals surface area contributed by atoms with Crippen LogP contribution in [0.5, 0.6) is 0 Å². The molecule has 9 heteroatoms. The van der Waals surface area contributed by atoms with Gasteiger partial charge in [0.25, 0.3) is 0 Å². The Hall–Kier alpha value is -3.54. The van der Waals surface area contributed by atoms with E-state index >= 15 is 0 Å². The van der Waals surface area contributed by atoms with Gasteiger partial charge in [-0.15, -0.1) is 0 Å². The van der Waals surface area contributed by atoms with Crippen LogP contribution < -0.4 is 10.2 Å². The Bertz CT molecular complexity index is 1160. The number of fused-ring (bicyclic) bond motifs is 1. The fourth-order valence-corrected chi connectivity index (χ4v) is 4.00. The van der Waals surface area contributed by atoms with Crippen molar-refractivity contribution < 1.29 is 19.1 Å². The first-order chi connectivity index (χ1) is 15.6. The van der Waals surface area contributed by atoms with Gasteiger partial charge in [-0.2, -0.15) is 5.10 Å². The maximum atomic E-state index is 12.2. The zero-order valence-corrected chi connectivity index (χ0v) is 19.5. The highest BCUT2D eigenvalue weighted by molar-refractivity contribution is 6.08. The van der Waals surface area contributed by atoms with Crippen molar-refractivity contribution in [3.63, 3.8) is 0 Å². The minimum absolute atomic E-state index is 0.219. The Morgan fingerprint density at radius 2 is 1.91 bits per heavy atom. The number of hydrogen-bond acceptors (Lipinski definition) is 5. The molecule has 4 rings (SSSR count). The molecule has 174 valence electrons. The molecule has 33 heavy (non-hydrogen) atoms. The summed E-state index contributed by atoms with van der Waals surface area (Å²) in [4.78, 5) is 39.1. The van der Waals surface area contributed by atoms with E-state index < -0.39 is 11.6 Å². The molecule has 0 atom stereocenters. The van der Waals surface area contributed by atoms with Crippen molar-refractivity contribution in [3.8, 4) is 11.8 Å². The average molecular weight is 452 g/mol. The Balaban J connectivity index is 1.44. The lowest BCUT2D eigenvalue weighted by Crippen LogP contribution is -2.49. The number of aryl methyl sites for hydroxylation is 1. The molecule has 2 aromatic rings. The zero-order valence-electron chi connectivity index (χ0n) is 19.5. The molecule has 2 aliphatic rings. The van der Waals surface area contributed by atoms with E-state index in [0.29, 0.717) is 25.5 Å². The van der Waals surface area contributed by atoms with Crippen LogP contribution in [0, 0.1) is 17.8 Å². The highest BCUT2D eigenvalue weighted by atomic mass is 16.6. The second-order valence-electron chi connectivity index (χ2n) is 9.45. The molecule has 0 aliphatic carbocycles. The smallest absolute Gasteiger partial charge is 0.410 e. The average Bonchev–Trinajstić information content (AvgIpc) is 3.07. The Labute approximate surface area is 193 Å². The van der Waals surface area contributed by atoms with Crippen molar-refractivity contribution in [2.75, 3.05) is 24.5 Å². The first-order valence-electron chi connectivity index (χ1n) is 11.2. The number of hydrogen-bond donors (Lipinski definition) is 1. The highest BCUT2D eigenvalue weighted by Gasteiger charge is 2.28. The third-order valence-electron chi connectivity index (χ3n) is 5.71. The predicted molar refractivity (Wildman–Crippen MR) is 124 cm³/mol. The fourth-order valence-electron chi connectivity index (χ4n) is 4.00. The van der Waals surface area contributed by atoms with Crippen molar-refractivity contribution in [3.05, 3.63) is 23.8 Å². The molecule has 3 heterocycles. The predicted octanol–water partition coefficient (Wildman–Crippen LogP) is 3.02. The van der Waals surface area contributed by atoms with Gasteiger partial charge in [-0.25, -0.2) is 9.59 Å². The number of benzene rings is 1. The van der Waals surface area contributed by atoms with E-state index in [1.54, 1.807) is 9.58 Å². The number of nitrogens with one attached hydrogen (secondary N) is 1. The second kappa shape index (κ2) is 8.77. The number of likely N-dealkylation sites (tertiary alicyclic amines) is 1. The fraction of sp³-hybridized carbons (Fsp3) is 0.500. The number of urea groups is 1. The molecule has 0 unspecified atom stereocenters. The summed E-state index contributed by atoms with van der Waals surface area (Å²) in [7, 11) is 1.82. The van der Waals surface area contributed by atoms with Crippen molar-refractivity contribution in [1.82, 2.24) is 20.0 Å². The molecule has 0 saturated carbocycles. The van der Waals surface area contributed by atoms with E-state index in [-0.39, 0.29) is 24.3 Å². The number of imide groups is 1. The summed E-state index contributed by atoms with van der Waals surface area (Å²) in [5.41, 5.74) is 1.24. The molecule has 2 aliphatic heterocycles. The summed E-state index contributed by atoms with van der Waals surface area (Å²) in [6.45, 7) is 7.19. The van der Waals surface area contributed by atoms with Gasteiger partial charge in [0.05, 0.1) is 5.52 Å². The van der Waals surface area contributed by atoms with Crippen LogP contribution in [0.15, 0.2) is 18.2 Å². The first-order valence-corrected chi connectivity index (χ1v) is 11.2. The monoisotopic (exact) mass is 451 g/mol. The number of amides is 4. The van der Waals surface area contributed by atoms with Gasteiger partial charge < -0.3 is 9.64 Å².